The molecule has 1 aromatic carbocycles. The largest absolute Gasteiger partial charge is 0.481 e. The summed E-state index contributed by atoms with van der Waals surface area (Å²) in [7, 11) is -2.73. The molecular formula is C18H26N2O7S. The Morgan fingerprint density at radius 1 is 1.21 bits per heavy atom. The summed E-state index contributed by atoms with van der Waals surface area (Å²) in [4.78, 5) is 36.5. The van der Waals surface area contributed by atoms with E-state index in [0.717, 1.165) is 0 Å². The maximum absolute atomic E-state index is 12.8. The van der Waals surface area contributed by atoms with Crippen molar-refractivity contribution in [2.45, 2.75) is 38.0 Å². The predicted molar refractivity (Wildman–Crippen MR) is 102 cm³/mol. The first-order valence-electron chi connectivity index (χ1n) is 8.79. The summed E-state index contributed by atoms with van der Waals surface area (Å²) >= 11 is 0. The van der Waals surface area contributed by atoms with Crippen LogP contribution in [0.1, 0.15) is 31.7 Å². The number of methoxy groups -OCH3 is 1. The standard InChI is InChI=1S/C18H26N2O7S/c1-3-11-20(12-17(23)27-2)18(24)15(9-10-16(21)22)19-28(25,26)13-14-7-5-4-6-8-14/h4-8,15,19H,3,9-13H2,1-2H3,(H,21,22). The highest BCUT2D eigenvalue weighted by Gasteiger charge is 2.30. The summed E-state index contributed by atoms with van der Waals surface area (Å²) in [6.07, 6.45) is -0.100. The van der Waals surface area contributed by atoms with Crippen LogP contribution < -0.4 is 4.72 Å². The fourth-order valence-corrected chi connectivity index (χ4v) is 3.90. The third-order valence-electron chi connectivity index (χ3n) is 3.82. The Labute approximate surface area is 164 Å². The molecule has 0 heterocycles. The van der Waals surface area contributed by atoms with Gasteiger partial charge in [0.05, 0.1) is 12.9 Å². The van der Waals surface area contributed by atoms with E-state index < -0.39 is 40.3 Å². The van der Waals surface area contributed by atoms with Crippen LogP contribution in [0.25, 0.3) is 0 Å². The number of rotatable bonds is 12. The van der Waals surface area contributed by atoms with Crippen molar-refractivity contribution in [1.82, 2.24) is 9.62 Å². The maximum Gasteiger partial charge on any atom is 0.325 e. The Bertz CT molecular complexity index is 765. The zero-order chi connectivity index (χ0) is 21.2. The quantitative estimate of drug-likeness (QED) is 0.483. The number of nitrogens with one attached hydrogen (secondary N) is 1. The van der Waals surface area contributed by atoms with Gasteiger partial charge in [-0.3, -0.25) is 14.4 Å². The number of benzene rings is 1. The van der Waals surface area contributed by atoms with Gasteiger partial charge in [-0.05, 0) is 18.4 Å². The molecule has 0 aliphatic carbocycles. The van der Waals surface area contributed by atoms with E-state index in [-0.39, 0.29) is 25.3 Å². The van der Waals surface area contributed by atoms with Crippen LogP contribution >= 0.6 is 0 Å². The van der Waals surface area contributed by atoms with Gasteiger partial charge in [0.1, 0.15) is 12.6 Å². The number of aliphatic carboxylic acids is 1. The van der Waals surface area contributed by atoms with Crippen molar-refractivity contribution in [1.29, 1.82) is 0 Å². The molecule has 1 amide bonds. The predicted octanol–water partition coefficient (Wildman–Crippen LogP) is 0.751. The van der Waals surface area contributed by atoms with Gasteiger partial charge in [0.25, 0.3) is 0 Å². The molecule has 0 aliphatic heterocycles. The van der Waals surface area contributed by atoms with Gasteiger partial charge in [0.2, 0.25) is 15.9 Å². The van der Waals surface area contributed by atoms with Gasteiger partial charge in [0.15, 0.2) is 0 Å². The third kappa shape index (κ3) is 8.49. The lowest BCUT2D eigenvalue weighted by Gasteiger charge is -2.26. The van der Waals surface area contributed by atoms with E-state index in [1.807, 2.05) is 0 Å². The van der Waals surface area contributed by atoms with Crippen molar-refractivity contribution in [3.05, 3.63) is 35.9 Å². The van der Waals surface area contributed by atoms with E-state index in [2.05, 4.69) is 9.46 Å². The molecule has 1 rings (SSSR count). The summed E-state index contributed by atoms with van der Waals surface area (Å²) in [6.45, 7) is 1.66. The summed E-state index contributed by atoms with van der Waals surface area (Å²) in [5.41, 5.74) is 0.527. The van der Waals surface area contributed by atoms with E-state index in [1.165, 1.54) is 12.0 Å². The highest BCUT2D eigenvalue weighted by Crippen LogP contribution is 2.10. The minimum absolute atomic E-state index is 0.206. The zero-order valence-electron chi connectivity index (χ0n) is 16.0. The van der Waals surface area contributed by atoms with Crippen LogP contribution in [0.4, 0.5) is 0 Å². The van der Waals surface area contributed by atoms with E-state index in [0.29, 0.717) is 12.0 Å². The molecule has 0 aliphatic rings. The molecule has 0 fully saturated rings. The van der Waals surface area contributed by atoms with Gasteiger partial charge in [0, 0.05) is 13.0 Å². The monoisotopic (exact) mass is 414 g/mol. The molecule has 1 atom stereocenters. The lowest BCUT2D eigenvalue weighted by atomic mass is 10.1. The number of carbonyl (C=O) groups is 3. The summed E-state index contributed by atoms with van der Waals surface area (Å²) in [5, 5.41) is 8.93. The fourth-order valence-electron chi connectivity index (χ4n) is 2.53. The third-order valence-corrected chi connectivity index (χ3v) is 5.18. The van der Waals surface area contributed by atoms with Gasteiger partial charge in [-0.2, -0.15) is 0 Å². The van der Waals surface area contributed by atoms with Crippen molar-refractivity contribution >= 4 is 27.9 Å². The molecule has 0 bridgehead atoms. The molecule has 2 N–H and O–H groups in total. The lowest BCUT2D eigenvalue weighted by molar-refractivity contribution is -0.148. The van der Waals surface area contributed by atoms with Gasteiger partial charge in [-0.15, -0.1) is 0 Å². The number of esters is 1. The smallest absolute Gasteiger partial charge is 0.325 e. The van der Waals surface area contributed by atoms with Gasteiger partial charge in [-0.1, -0.05) is 37.3 Å². The summed E-state index contributed by atoms with van der Waals surface area (Å²) in [6, 6.07) is 7.11. The number of hydrogen-bond donors (Lipinski definition) is 2. The molecule has 28 heavy (non-hydrogen) atoms. The topological polar surface area (TPSA) is 130 Å². The number of carboxylic acids is 1. The van der Waals surface area contributed by atoms with Crippen LogP contribution in [0.3, 0.4) is 0 Å². The molecule has 156 valence electrons. The van der Waals surface area contributed by atoms with Crippen molar-refractivity contribution < 1.29 is 32.6 Å². The highest BCUT2D eigenvalue weighted by atomic mass is 32.2. The lowest BCUT2D eigenvalue weighted by Crippen LogP contribution is -2.50. The average Bonchev–Trinajstić information content (AvgIpc) is 2.64. The molecule has 10 heteroatoms. The highest BCUT2D eigenvalue weighted by molar-refractivity contribution is 7.88. The van der Waals surface area contributed by atoms with E-state index in [4.69, 9.17) is 5.11 Å². The first-order chi connectivity index (χ1) is 13.2. The van der Waals surface area contributed by atoms with E-state index in [9.17, 15) is 22.8 Å². The van der Waals surface area contributed by atoms with E-state index >= 15 is 0 Å². The van der Waals surface area contributed by atoms with Crippen molar-refractivity contribution in [2.75, 3.05) is 20.2 Å². The van der Waals surface area contributed by atoms with Gasteiger partial charge in [-0.25, -0.2) is 13.1 Å². The first kappa shape index (κ1) is 23.6. The van der Waals surface area contributed by atoms with Gasteiger partial charge >= 0.3 is 11.9 Å². The Kier molecular flexibility index (Phi) is 9.60. The Hall–Kier alpha value is -2.46. The van der Waals surface area contributed by atoms with Crippen molar-refractivity contribution in [2.24, 2.45) is 0 Å². The Morgan fingerprint density at radius 3 is 2.39 bits per heavy atom. The minimum atomic E-state index is -3.92. The molecular weight excluding hydrogens is 388 g/mol. The molecule has 0 radical (unpaired) electrons. The normalized spacial score (nSPS) is 12.2. The van der Waals surface area contributed by atoms with Crippen LogP contribution in [-0.2, 0) is 34.9 Å². The van der Waals surface area contributed by atoms with Crippen LogP contribution in [0.5, 0.6) is 0 Å². The Morgan fingerprint density at radius 2 is 1.86 bits per heavy atom. The second-order valence-electron chi connectivity index (χ2n) is 6.18. The van der Waals surface area contributed by atoms with Crippen molar-refractivity contribution in [3.63, 3.8) is 0 Å². The van der Waals surface area contributed by atoms with Crippen LogP contribution in [-0.4, -0.2) is 62.5 Å². The number of amides is 1. The van der Waals surface area contributed by atoms with Crippen molar-refractivity contribution in [3.8, 4) is 0 Å². The number of sulfonamides is 1. The van der Waals surface area contributed by atoms with Gasteiger partial charge < -0.3 is 14.7 Å². The second-order valence-corrected chi connectivity index (χ2v) is 7.94. The number of carboxylic acid groups (broad SMARTS) is 1. The summed E-state index contributed by atoms with van der Waals surface area (Å²) in [5.74, 6) is -2.82. The second kappa shape index (κ2) is 11.4. The molecule has 0 spiro atoms. The molecule has 9 nitrogen and oxygen atoms in total. The van der Waals surface area contributed by atoms with Crippen LogP contribution in [0.2, 0.25) is 0 Å². The molecule has 0 saturated carbocycles. The zero-order valence-corrected chi connectivity index (χ0v) is 16.8. The number of carbonyl (C=O) groups excluding carboxylic acids is 2. The van der Waals surface area contributed by atoms with E-state index in [1.54, 1.807) is 37.3 Å². The maximum atomic E-state index is 12.8. The SMILES string of the molecule is CCCN(CC(=O)OC)C(=O)C(CCC(=O)O)NS(=O)(=O)Cc1ccccc1. The number of hydrogen-bond acceptors (Lipinski definition) is 6. The fraction of sp³-hybridized carbons (Fsp3) is 0.500. The average molecular weight is 414 g/mol. The Balaban J connectivity index is 3.00. The number of nitrogens with zero attached hydrogens (tertiary/aromatic N) is 1. The summed E-state index contributed by atoms with van der Waals surface area (Å²) < 4.78 is 31.9. The molecule has 1 aromatic rings. The molecule has 0 saturated heterocycles. The van der Waals surface area contributed by atoms with Crippen LogP contribution in [0, 0.1) is 0 Å². The molecule has 0 aromatic heterocycles. The molecule has 1 unspecified atom stereocenters. The van der Waals surface area contributed by atoms with Crippen LogP contribution in [0.15, 0.2) is 30.3 Å². The number of ether oxygens (including phenoxy) is 1. The first-order valence-corrected chi connectivity index (χ1v) is 10.4. The minimum Gasteiger partial charge on any atom is -0.481 e.